The SMILES string of the molecule is Cc1ccc(Cn2sc(=O)n(CC3=CCCC=C3)c2=O)cc1. The molecule has 0 unspecified atom stereocenters. The molecular formula is C17H18N2O2S. The van der Waals surface area contributed by atoms with Gasteiger partial charge in [-0.2, -0.15) is 0 Å². The molecule has 114 valence electrons. The van der Waals surface area contributed by atoms with Crippen molar-refractivity contribution in [2.75, 3.05) is 0 Å². The van der Waals surface area contributed by atoms with Crippen molar-refractivity contribution < 1.29 is 0 Å². The highest BCUT2D eigenvalue weighted by atomic mass is 32.1. The van der Waals surface area contributed by atoms with Crippen molar-refractivity contribution in [1.82, 2.24) is 8.52 Å². The summed E-state index contributed by atoms with van der Waals surface area (Å²) in [5.74, 6) is 0. The first-order chi connectivity index (χ1) is 10.6. The maximum absolute atomic E-state index is 12.4. The highest BCUT2D eigenvalue weighted by Gasteiger charge is 2.11. The standard InChI is InChI=1S/C17H18N2O2S/c1-13-7-9-15(10-8-13)12-19-16(20)18(17(21)22-19)11-14-5-3-2-4-6-14/h3,5-10H,2,4,11-12H2,1H3. The zero-order valence-corrected chi connectivity index (χ0v) is 13.3. The average Bonchev–Trinajstić information content (AvgIpc) is 2.78. The second-order valence-electron chi connectivity index (χ2n) is 5.51. The Hall–Kier alpha value is -2.14. The van der Waals surface area contributed by atoms with Crippen molar-refractivity contribution >= 4 is 11.5 Å². The zero-order chi connectivity index (χ0) is 15.5. The molecule has 0 atom stereocenters. The second-order valence-corrected chi connectivity index (χ2v) is 6.48. The van der Waals surface area contributed by atoms with E-state index in [1.54, 1.807) is 0 Å². The predicted molar refractivity (Wildman–Crippen MR) is 89.6 cm³/mol. The average molecular weight is 314 g/mol. The first-order valence-corrected chi connectivity index (χ1v) is 8.13. The quantitative estimate of drug-likeness (QED) is 0.871. The minimum absolute atomic E-state index is 0.197. The van der Waals surface area contributed by atoms with Gasteiger partial charge in [-0.1, -0.05) is 48.1 Å². The largest absolute Gasteiger partial charge is 0.341 e. The Labute approximate surface area is 132 Å². The Kier molecular flexibility index (Phi) is 4.24. The summed E-state index contributed by atoms with van der Waals surface area (Å²) in [6.45, 7) is 2.84. The molecule has 0 fully saturated rings. The summed E-state index contributed by atoms with van der Waals surface area (Å²) in [6, 6.07) is 8.00. The van der Waals surface area contributed by atoms with Crippen LogP contribution < -0.4 is 10.6 Å². The van der Waals surface area contributed by atoms with Crippen LogP contribution in [0.15, 0.2) is 57.7 Å². The van der Waals surface area contributed by atoms with Gasteiger partial charge in [0.15, 0.2) is 0 Å². The Morgan fingerprint density at radius 3 is 2.55 bits per heavy atom. The molecule has 0 radical (unpaired) electrons. The van der Waals surface area contributed by atoms with E-state index in [0.717, 1.165) is 35.5 Å². The van der Waals surface area contributed by atoms with E-state index in [9.17, 15) is 9.59 Å². The Morgan fingerprint density at radius 2 is 1.86 bits per heavy atom. The number of rotatable bonds is 4. The Morgan fingerprint density at radius 1 is 1.09 bits per heavy atom. The lowest BCUT2D eigenvalue weighted by molar-refractivity contribution is 0.681. The van der Waals surface area contributed by atoms with Crippen molar-refractivity contribution in [2.45, 2.75) is 32.9 Å². The summed E-state index contributed by atoms with van der Waals surface area (Å²) in [7, 11) is 0. The van der Waals surface area contributed by atoms with Crippen molar-refractivity contribution in [3.8, 4) is 0 Å². The molecule has 0 spiro atoms. The second kappa shape index (κ2) is 6.32. The highest BCUT2D eigenvalue weighted by molar-refractivity contribution is 7.03. The first-order valence-electron chi connectivity index (χ1n) is 7.35. The van der Waals surface area contributed by atoms with Gasteiger partial charge in [0.1, 0.15) is 0 Å². The topological polar surface area (TPSA) is 44.0 Å². The van der Waals surface area contributed by atoms with Crippen LogP contribution in [0.1, 0.15) is 24.0 Å². The van der Waals surface area contributed by atoms with Gasteiger partial charge < -0.3 is 0 Å². The van der Waals surface area contributed by atoms with Gasteiger partial charge in [-0.15, -0.1) is 0 Å². The van der Waals surface area contributed by atoms with Crippen LogP contribution in [0.25, 0.3) is 0 Å². The fourth-order valence-electron chi connectivity index (χ4n) is 2.45. The summed E-state index contributed by atoms with van der Waals surface area (Å²) in [5.41, 5.74) is 3.01. The molecule has 0 saturated carbocycles. The Balaban J connectivity index is 1.85. The van der Waals surface area contributed by atoms with E-state index in [-0.39, 0.29) is 10.6 Å². The fourth-order valence-corrected chi connectivity index (χ4v) is 3.27. The molecule has 1 aromatic carbocycles. The van der Waals surface area contributed by atoms with Crippen LogP contribution >= 0.6 is 11.5 Å². The predicted octanol–water partition coefficient (Wildman–Crippen LogP) is 2.70. The molecule has 0 amide bonds. The summed E-state index contributed by atoms with van der Waals surface area (Å²) in [6.07, 6.45) is 8.17. The van der Waals surface area contributed by atoms with E-state index in [1.165, 1.54) is 14.1 Å². The molecule has 22 heavy (non-hydrogen) atoms. The lowest BCUT2D eigenvalue weighted by Gasteiger charge is -2.06. The van der Waals surface area contributed by atoms with Crippen molar-refractivity contribution in [1.29, 1.82) is 0 Å². The summed E-state index contributed by atoms with van der Waals surface area (Å²) in [4.78, 5) is 24.3. The molecule has 0 saturated heterocycles. The van der Waals surface area contributed by atoms with Crippen LogP contribution in [-0.2, 0) is 13.1 Å². The number of aryl methyl sites for hydroxylation is 1. The first kappa shape index (κ1) is 14.8. The van der Waals surface area contributed by atoms with Crippen LogP contribution in [0.5, 0.6) is 0 Å². The molecule has 1 aromatic heterocycles. The smallest absolute Gasteiger partial charge is 0.255 e. The van der Waals surface area contributed by atoms with Gasteiger partial charge >= 0.3 is 10.6 Å². The van der Waals surface area contributed by atoms with Gasteiger partial charge in [0, 0.05) is 11.5 Å². The van der Waals surface area contributed by atoms with Crippen molar-refractivity contribution in [3.05, 3.63) is 79.3 Å². The maximum atomic E-state index is 12.4. The minimum atomic E-state index is -0.226. The molecule has 0 bridgehead atoms. The number of hydrogen-bond acceptors (Lipinski definition) is 3. The highest BCUT2D eigenvalue weighted by Crippen LogP contribution is 2.11. The van der Waals surface area contributed by atoms with Gasteiger partial charge in [0.2, 0.25) is 0 Å². The maximum Gasteiger partial charge on any atom is 0.341 e. The molecule has 1 heterocycles. The molecule has 3 rings (SSSR count). The number of nitrogens with zero attached hydrogens (tertiary/aromatic N) is 2. The monoisotopic (exact) mass is 314 g/mol. The minimum Gasteiger partial charge on any atom is -0.255 e. The Bertz CT molecular complexity index is 835. The van der Waals surface area contributed by atoms with E-state index in [1.807, 2.05) is 37.3 Å². The molecule has 1 aliphatic carbocycles. The molecule has 1 aliphatic rings. The van der Waals surface area contributed by atoms with E-state index in [2.05, 4.69) is 12.2 Å². The van der Waals surface area contributed by atoms with E-state index in [4.69, 9.17) is 0 Å². The molecule has 5 heteroatoms. The van der Waals surface area contributed by atoms with Gasteiger partial charge in [-0.25, -0.2) is 13.3 Å². The third-order valence-corrected chi connectivity index (χ3v) is 4.59. The van der Waals surface area contributed by atoms with Gasteiger partial charge in [-0.3, -0.25) is 4.79 Å². The number of allylic oxidation sites excluding steroid dienone is 4. The van der Waals surface area contributed by atoms with Gasteiger partial charge in [-0.05, 0) is 30.9 Å². The molecular weight excluding hydrogens is 296 g/mol. The van der Waals surface area contributed by atoms with Crippen molar-refractivity contribution in [2.24, 2.45) is 0 Å². The van der Waals surface area contributed by atoms with Crippen molar-refractivity contribution in [3.63, 3.8) is 0 Å². The van der Waals surface area contributed by atoms with Crippen LogP contribution in [-0.4, -0.2) is 8.52 Å². The van der Waals surface area contributed by atoms with Crippen LogP contribution in [0, 0.1) is 6.92 Å². The molecule has 0 aliphatic heterocycles. The number of benzene rings is 1. The molecule has 2 aromatic rings. The summed E-state index contributed by atoms with van der Waals surface area (Å²) >= 11 is 0.989. The van der Waals surface area contributed by atoms with E-state index < -0.39 is 0 Å². The summed E-state index contributed by atoms with van der Waals surface area (Å²) in [5, 5.41) is 0. The van der Waals surface area contributed by atoms with Gasteiger partial charge in [0.05, 0.1) is 13.1 Å². The van der Waals surface area contributed by atoms with Crippen LogP contribution in [0.2, 0.25) is 0 Å². The fraction of sp³-hybridized carbons (Fsp3) is 0.294. The number of hydrogen-bond donors (Lipinski definition) is 0. The van der Waals surface area contributed by atoms with Crippen LogP contribution in [0.3, 0.4) is 0 Å². The summed E-state index contributed by atoms with van der Waals surface area (Å²) < 4.78 is 2.85. The third-order valence-electron chi connectivity index (χ3n) is 3.71. The lowest BCUT2D eigenvalue weighted by atomic mass is 10.1. The van der Waals surface area contributed by atoms with Crippen LogP contribution in [0.4, 0.5) is 0 Å². The zero-order valence-electron chi connectivity index (χ0n) is 12.5. The normalized spacial score (nSPS) is 14.1. The third kappa shape index (κ3) is 3.20. The number of aromatic nitrogens is 2. The van der Waals surface area contributed by atoms with E-state index in [0.29, 0.717) is 13.1 Å². The van der Waals surface area contributed by atoms with E-state index >= 15 is 0 Å². The molecule has 4 nitrogen and oxygen atoms in total. The molecule has 0 N–H and O–H groups in total. The van der Waals surface area contributed by atoms with Gasteiger partial charge in [0.25, 0.3) is 0 Å². The lowest BCUT2D eigenvalue weighted by Crippen LogP contribution is -2.29.